The minimum absolute atomic E-state index is 0.0738. The Bertz CT molecular complexity index is 1160. The highest BCUT2D eigenvalue weighted by Gasteiger charge is 2.48. The minimum atomic E-state index is -0.882. The smallest absolute Gasteiger partial charge is 0.301 e. The maximum Gasteiger partial charge on any atom is 0.301 e. The van der Waals surface area contributed by atoms with E-state index in [-0.39, 0.29) is 27.4 Å². The van der Waals surface area contributed by atoms with Crippen molar-refractivity contribution in [1.82, 2.24) is 10.2 Å². The molecule has 1 atom stereocenters. The fraction of sp³-hybridized carbons (Fsp3) is 0.217. The number of rotatable bonds is 3. The molecule has 4 rings (SSSR count). The first-order valence-corrected chi connectivity index (χ1v) is 10.5. The number of aliphatic hydroxyl groups excluding tert-OH is 1. The number of hydrogen-bond acceptors (Lipinski definition) is 6. The van der Waals surface area contributed by atoms with Crippen LogP contribution in [-0.2, 0) is 15.0 Å². The van der Waals surface area contributed by atoms with Crippen molar-refractivity contribution in [3.63, 3.8) is 0 Å². The number of anilines is 1. The normalized spacial score (nSPS) is 18.6. The monoisotopic (exact) mass is 437 g/mol. The second-order valence-electron chi connectivity index (χ2n) is 8.27. The highest BCUT2D eigenvalue weighted by atomic mass is 32.1. The Balaban J connectivity index is 1.90. The van der Waals surface area contributed by atoms with Crippen LogP contribution in [0.4, 0.5) is 9.52 Å². The second-order valence-corrected chi connectivity index (χ2v) is 9.08. The van der Waals surface area contributed by atoms with Gasteiger partial charge in [0.2, 0.25) is 5.13 Å². The molecule has 0 aliphatic carbocycles. The van der Waals surface area contributed by atoms with Gasteiger partial charge in [0.25, 0.3) is 5.78 Å². The zero-order chi connectivity index (χ0) is 22.3. The Morgan fingerprint density at radius 3 is 2.26 bits per heavy atom. The maximum atomic E-state index is 13.3. The Morgan fingerprint density at radius 1 is 1.06 bits per heavy atom. The molecule has 2 heterocycles. The highest BCUT2D eigenvalue weighted by Crippen LogP contribution is 2.42. The summed E-state index contributed by atoms with van der Waals surface area (Å²) in [5.41, 5.74) is 3.29. The molecule has 0 bridgehead atoms. The van der Waals surface area contributed by atoms with Crippen LogP contribution in [-0.4, -0.2) is 27.0 Å². The summed E-state index contributed by atoms with van der Waals surface area (Å²) < 4.78 is 13.3. The predicted molar refractivity (Wildman–Crippen MR) is 116 cm³/mol. The Morgan fingerprint density at radius 2 is 1.71 bits per heavy atom. The molecule has 0 saturated carbocycles. The van der Waals surface area contributed by atoms with E-state index in [4.69, 9.17) is 0 Å². The number of benzene rings is 2. The van der Waals surface area contributed by atoms with Crippen LogP contribution in [0.25, 0.3) is 5.76 Å². The van der Waals surface area contributed by atoms with Crippen molar-refractivity contribution in [2.24, 2.45) is 0 Å². The van der Waals surface area contributed by atoms with E-state index in [1.54, 1.807) is 0 Å². The zero-order valence-corrected chi connectivity index (χ0v) is 18.0. The third-order valence-corrected chi connectivity index (χ3v) is 5.90. The summed E-state index contributed by atoms with van der Waals surface area (Å²) in [5.74, 6) is -2.47. The zero-order valence-electron chi connectivity index (χ0n) is 17.2. The summed E-state index contributed by atoms with van der Waals surface area (Å²) in [4.78, 5) is 27.2. The molecule has 1 fully saturated rings. The number of ketones is 1. The van der Waals surface area contributed by atoms with Crippen molar-refractivity contribution in [2.75, 3.05) is 4.90 Å². The van der Waals surface area contributed by atoms with E-state index in [0.29, 0.717) is 5.56 Å². The van der Waals surface area contributed by atoms with Gasteiger partial charge < -0.3 is 5.11 Å². The summed E-state index contributed by atoms with van der Waals surface area (Å²) in [5, 5.41) is 19.0. The SMILES string of the molecule is CC(C)(C)c1ccc(C2/C(=C(\O)c3ccc(F)cc3)C(=O)C(=O)N2c2nncs2)cc1. The van der Waals surface area contributed by atoms with E-state index in [0.717, 1.165) is 16.9 Å². The molecule has 0 spiro atoms. The molecule has 2 aromatic carbocycles. The van der Waals surface area contributed by atoms with Crippen molar-refractivity contribution in [3.05, 3.63) is 82.1 Å². The van der Waals surface area contributed by atoms with Crippen molar-refractivity contribution in [3.8, 4) is 0 Å². The number of aromatic nitrogens is 2. The fourth-order valence-electron chi connectivity index (χ4n) is 3.55. The molecular weight excluding hydrogens is 417 g/mol. The first-order valence-electron chi connectivity index (χ1n) is 9.62. The molecule has 0 radical (unpaired) electrons. The van der Waals surface area contributed by atoms with Crippen LogP contribution in [0.1, 0.15) is 43.5 Å². The average molecular weight is 437 g/mol. The first-order chi connectivity index (χ1) is 14.7. The molecule has 1 aliphatic heterocycles. The van der Waals surface area contributed by atoms with Gasteiger partial charge in [-0.2, -0.15) is 0 Å². The largest absolute Gasteiger partial charge is 0.507 e. The number of hydrogen-bond donors (Lipinski definition) is 1. The third-order valence-electron chi connectivity index (χ3n) is 5.21. The van der Waals surface area contributed by atoms with Crippen molar-refractivity contribution in [1.29, 1.82) is 0 Å². The standard InChI is InChI=1S/C23H20FN3O3S/c1-23(2,3)15-8-4-13(5-9-15)18-17(19(28)14-6-10-16(24)11-7-14)20(29)21(30)27(18)22-26-25-12-31-22/h4-12,18,28H,1-3H3/b19-17+. The Hall–Kier alpha value is -3.39. The number of aliphatic hydroxyl groups is 1. The lowest BCUT2D eigenvalue weighted by molar-refractivity contribution is -0.132. The van der Waals surface area contributed by atoms with Gasteiger partial charge in [0.15, 0.2) is 0 Å². The summed E-state index contributed by atoms with van der Waals surface area (Å²) in [6.45, 7) is 6.26. The van der Waals surface area contributed by atoms with Crippen LogP contribution < -0.4 is 4.90 Å². The molecule has 158 valence electrons. The molecule has 1 aliphatic rings. The summed E-state index contributed by atoms with van der Waals surface area (Å²) in [6, 6.07) is 11.8. The molecule has 1 aromatic heterocycles. The van der Waals surface area contributed by atoms with Crippen LogP contribution in [0, 0.1) is 5.82 Å². The van der Waals surface area contributed by atoms with Crippen LogP contribution >= 0.6 is 11.3 Å². The minimum Gasteiger partial charge on any atom is -0.507 e. The summed E-state index contributed by atoms with van der Waals surface area (Å²) in [6.07, 6.45) is 0. The highest BCUT2D eigenvalue weighted by molar-refractivity contribution is 7.13. The number of halogens is 1. The van der Waals surface area contributed by atoms with Gasteiger partial charge >= 0.3 is 5.91 Å². The predicted octanol–water partition coefficient (Wildman–Crippen LogP) is 4.60. The van der Waals surface area contributed by atoms with Crippen LogP contribution in [0.3, 0.4) is 0 Å². The topological polar surface area (TPSA) is 83.4 Å². The van der Waals surface area contributed by atoms with Crippen LogP contribution in [0.15, 0.2) is 59.6 Å². The van der Waals surface area contributed by atoms with Gasteiger partial charge in [0.05, 0.1) is 11.6 Å². The number of amides is 1. The Kier molecular flexibility index (Phi) is 5.18. The van der Waals surface area contributed by atoms with E-state index in [1.807, 2.05) is 24.3 Å². The third kappa shape index (κ3) is 3.74. The lowest BCUT2D eigenvalue weighted by Crippen LogP contribution is -2.29. The van der Waals surface area contributed by atoms with Crippen molar-refractivity contribution in [2.45, 2.75) is 32.2 Å². The van der Waals surface area contributed by atoms with Gasteiger partial charge in [-0.1, -0.05) is 56.4 Å². The van der Waals surface area contributed by atoms with Gasteiger partial charge in [0.1, 0.15) is 17.1 Å². The van der Waals surface area contributed by atoms with Crippen LogP contribution in [0.2, 0.25) is 0 Å². The van der Waals surface area contributed by atoms with Crippen LogP contribution in [0.5, 0.6) is 0 Å². The fourth-order valence-corrected chi connectivity index (χ4v) is 4.13. The number of carbonyl (C=O) groups is 2. The van der Waals surface area contributed by atoms with E-state index < -0.39 is 23.5 Å². The molecule has 1 saturated heterocycles. The molecule has 1 N–H and O–H groups in total. The van der Waals surface area contributed by atoms with Gasteiger partial charge in [-0.05, 0) is 40.8 Å². The lowest BCUT2D eigenvalue weighted by atomic mass is 9.85. The van der Waals surface area contributed by atoms with E-state index >= 15 is 0 Å². The number of nitrogens with zero attached hydrogens (tertiary/aromatic N) is 3. The van der Waals surface area contributed by atoms with Gasteiger partial charge in [-0.25, -0.2) is 4.39 Å². The average Bonchev–Trinajstić information content (AvgIpc) is 3.34. The molecule has 1 unspecified atom stereocenters. The molecular formula is C23H20FN3O3S. The summed E-state index contributed by atoms with van der Waals surface area (Å²) in [7, 11) is 0. The number of Topliss-reactive ketones (excluding diaryl/α,β-unsaturated/α-hetero) is 1. The van der Waals surface area contributed by atoms with Gasteiger partial charge in [-0.15, -0.1) is 10.2 Å². The molecule has 6 nitrogen and oxygen atoms in total. The van der Waals surface area contributed by atoms with E-state index in [1.165, 1.54) is 34.7 Å². The maximum absolute atomic E-state index is 13.3. The number of carbonyl (C=O) groups excluding carboxylic acids is 2. The quantitative estimate of drug-likeness (QED) is 0.368. The molecule has 31 heavy (non-hydrogen) atoms. The molecule has 3 aromatic rings. The lowest BCUT2D eigenvalue weighted by Gasteiger charge is -2.24. The molecule has 8 heteroatoms. The van der Waals surface area contributed by atoms with Crippen molar-refractivity contribution < 1.29 is 19.1 Å². The first kappa shape index (κ1) is 20.9. The molecule has 1 amide bonds. The van der Waals surface area contributed by atoms with Gasteiger partial charge in [0, 0.05) is 5.56 Å². The van der Waals surface area contributed by atoms with E-state index in [2.05, 4.69) is 31.0 Å². The van der Waals surface area contributed by atoms with Gasteiger partial charge in [-0.3, -0.25) is 14.5 Å². The second kappa shape index (κ2) is 7.70. The van der Waals surface area contributed by atoms with E-state index in [9.17, 15) is 19.1 Å². The van der Waals surface area contributed by atoms with Crippen molar-refractivity contribution >= 4 is 33.9 Å². The Labute approximate surface area is 182 Å². The summed E-state index contributed by atoms with van der Waals surface area (Å²) >= 11 is 1.12.